The number of hydrogen-bond acceptors (Lipinski definition) is 5. The number of amides is 1. The van der Waals surface area contributed by atoms with E-state index in [1.165, 1.54) is 6.92 Å². The number of anilines is 1. The Morgan fingerprint density at radius 3 is 2.78 bits per heavy atom. The van der Waals surface area contributed by atoms with Gasteiger partial charge in [0.25, 0.3) is 0 Å². The van der Waals surface area contributed by atoms with Gasteiger partial charge in [-0.15, -0.1) is 0 Å². The van der Waals surface area contributed by atoms with Gasteiger partial charge in [-0.1, -0.05) is 11.3 Å². The van der Waals surface area contributed by atoms with Gasteiger partial charge >= 0.3 is 4.87 Å². The lowest BCUT2D eigenvalue weighted by Crippen LogP contribution is -2.09. The van der Waals surface area contributed by atoms with Crippen LogP contribution in [0.15, 0.2) is 17.1 Å². The summed E-state index contributed by atoms with van der Waals surface area (Å²) >= 11 is 1.13. The van der Waals surface area contributed by atoms with Crippen molar-refractivity contribution in [3.63, 3.8) is 0 Å². The standard InChI is InChI=1S/C11H12N4O2S/c1-6-9(18-11(17)15(6)3)8-4-5-12-10(14-8)13-7(2)16/h4-5H,1-3H3,(H,12,13,14,16). The zero-order valence-electron chi connectivity index (χ0n) is 10.2. The van der Waals surface area contributed by atoms with Crippen molar-refractivity contribution in [3.05, 3.63) is 27.6 Å². The summed E-state index contributed by atoms with van der Waals surface area (Å²) in [5.41, 5.74) is 1.48. The quantitative estimate of drug-likeness (QED) is 0.883. The summed E-state index contributed by atoms with van der Waals surface area (Å²) in [7, 11) is 1.72. The molecule has 6 nitrogen and oxygen atoms in total. The highest BCUT2D eigenvalue weighted by Gasteiger charge is 2.12. The average Bonchev–Trinajstić information content (AvgIpc) is 2.56. The molecule has 94 valence electrons. The monoisotopic (exact) mass is 264 g/mol. The van der Waals surface area contributed by atoms with Crippen LogP contribution in [0.5, 0.6) is 0 Å². The third kappa shape index (κ3) is 2.30. The predicted molar refractivity (Wildman–Crippen MR) is 69.6 cm³/mol. The maximum absolute atomic E-state index is 11.6. The van der Waals surface area contributed by atoms with Gasteiger partial charge < -0.3 is 4.57 Å². The molecule has 0 atom stereocenters. The fraction of sp³-hybridized carbons (Fsp3) is 0.273. The third-order valence-electron chi connectivity index (χ3n) is 2.47. The number of rotatable bonds is 2. The molecule has 0 aliphatic carbocycles. The highest BCUT2D eigenvalue weighted by molar-refractivity contribution is 7.13. The SMILES string of the molecule is CC(=O)Nc1nccc(-c2sc(=O)n(C)c2C)n1. The van der Waals surface area contributed by atoms with Gasteiger partial charge in [0.05, 0.1) is 10.6 Å². The van der Waals surface area contributed by atoms with E-state index < -0.39 is 0 Å². The Morgan fingerprint density at radius 2 is 2.22 bits per heavy atom. The maximum Gasteiger partial charge on any atom is 0.307 e. The van der Waals surface area contributed by atoms with Crippen LogP contribution in [0.25, 0.3) is 10.6 Å². The van der Waals surface area contributed by atoms with E-state index in [-0.39, 0.29) is 16.7 Å². The van der Waals surface area contributed by atoms with Gasteiger partial charge in [0.2, 0.25) is 11.9 Å². The third-order valence-corrected chi connectivity index (χ3v) is 3.63. The second-order valence-electron chi connectivity index (χ2n) is 3.79. The van der Waals surface area contributed by atoms with Crippen molar-refractivity contribution in [3.8, 4) is 10.6 Å². The van der Waals surface area contributed by atoms with E-state index in [9.17, 15) is 9.59 Å². The molecule has 0 saturated carbocycles. The molecule has 0 aromatic carbocycles. The molecule has 0 unspecified atom stereocenters. The van der Waals surface area contributed by atoms with Crippen LogP contribution in [0.2, 0.25) is 0 Å². The minimum Gasteiger partial charge on any atom is -0.306 e. The summed E-state index contributed by atoms with van der Waals surface area (Å²) in [5, 5.41) is 2.51. The number of carbonyl (C=O) groups excluding carboxylic acids is 1. The molecule has 2 heterocycles. The van der Waals surface area contributed by atoms with Crippen LogP contribution < -0.4 is 10.2 Å². The molecule has 1 amide bonds. The van der Waals surface area contributed by atoms with Crippen molar-refractivity contribution in [1.29, 1.82) is 0 Å². The summed E-state index contributed by atoms with van der Waals surface area (Å²) in [4.78, 5) is 31.4. The fourth-order valence-electron chi connectivity index (χ4n) is 1.46. The molecule has 0 bridgehead atoms. The number of aromatic nitrogens is 3. The minimum atomic E-state index is -0.231. The Hall–Kier alpha value is -2.02. The number of thiazole rings is 1. The van der Waals surface area contributed by atoms with Crippen molar-refractivity contribution >= 4 is 23.2 Å². The predicted octanol–water partition coefficient (Wildman–Crippen LogP) is 1.17. The molecule has 0 spiro atoms. The first-order valence-corrected chi connectivity index (χ1v) is 6.08. The van der Waals surface area contributed by atoms with Crippen LogP contribution >= 0.6 is 11.3 Å². The van der Waals surface area contributed by atoms with E-state index in [1.807, 2.05) is 6.92 Å². The van der Waals surface area contributed by atoms with Gasteiger partial charge in [-0.05, 0) is 13.0 Å². The van der Waals surface area contributed by atoms with E-state index >= 15 is 0 Å². The molecule has 2 rings (SSSR count). The first-order chi connectivity index (χ1) is 8.49. The van der Waals surface area contributed by atoms with Crippen LogP contribution in [0.1, 0.15) is 12.6 Å². The molecule has 1 N–H and O–H groups in total. The molecule has 0 saturated heterocycles. The maximum atomic E-state index is 11.6. The molecule has 0 fully saturated rings. The van der Waals surface area contributed by atoms with Crippen LogP contribution in [-0.2, 0) is 11.8 Å². The van der Waals surface area contributed by atoms with Gasteiger partial charge in [0.15, 0.2) is 0 Å². The zero-order chi connectivity index (χ0) is 13.3. The summed E-state index contributed by atoms with van der Waals surface area (Å²) in [5.74, 6) is 0.00743. The Kier molecular flexibility index (Phi) is 3.24. The van der Waals surface area contributed by atoms with Crippen LogP contribution in [-0.4, -0.2) is 20.4 Å². The van der Waals surface area contributed by atoms with Gasteiger partial charge in [0.1, 0.15) is 0 Å². The van der Waals surface area contributed by atoms with Crippen molar-refractivity contribution in [1.82, 2.24) is 14.5 Å². The van der Waals surface area contributed by atoms with Gasteiger partial charge in [-0.3, -0.25) is 14.9 Å². The second kappa shape index (κ2) is 4.69. The number of carbonyl (C=O) groups is 1. The normalized spacial score (nSPS) is 10.4. The lowest BCUT2D eigenvalue weighted by atomic mass is 10.3. The Labute approximate surface area is 107 Å². The Morgan fingerprint density at radius 1 is 1.50 bits per heavy atom. The minimum absolute atomic E-state index is 0.0396. The Balaban J connectivity index is 2.47. The average molecular weight is 264 g/mol. The van der Waals surface area contributed by atoms with Crippen molar-refractivity contribution in [2.45, 2.75) is 13.8 Å². The highest BCUT2D eigenvalue weighted by atomic mass is 32.1. The van der Waals surface area contributed by atoms with Crippen LogP contribution in [0.4, 0.5) is 5.95 Å². The summed E-state index contributed by atoms with van der Waals surface area (Å²) in [6.07, 6.45) is 1.55. The second-order valence-corrected chi connectivity index (χ2v) is 4.75. The van der Waals surface area contributed by atoms with Gasteiger partial charge in [-0.25, -0.2) is 9.97 Å². The molecular weight excluding hydrogens is 252 g/mol. The van der Waals surface area contributed by atoms with Crippen LogP contribution in [0, 0.1) is 6.92 Å². The van der Waals surface area contributed by atoms with Crippen molar-refractivity contribution < 1.29 is 4.79 Å². The van der Waals surface area contributed by atoms with E-state index in [0.717, 1.165) is 21.9 Å². The zero-order valence-corrected chi connectivity index (χ0v) is 11.0. The summed E-state index contributed by atoms with van der Waals surface area (Å²) in [6, 6.07) is 1.71. The molecule has 0 radical (unpaired) electrons. The smallest absolute Gasteiger partial charge is 0.306 e. The molecular formula is C11H12N4O2S. The van der Waals surface area contributed by atoms with E-state index in [1.54, 1.807) is 23.9 Å². The van der Waals surface area contributed by atoms with Gasteiger partial charge in [-0.2, -0.15) is 0 Å². The van der Waals surface area contributed by atoms with E-state index in [4.69, 9.17) is 0 Å². The number of nitrogens with zero attached hydrogens (tertiary/aromatic N) is 3. The highest BCUT2D eigenvalue weighted by Crippen LogP contribution is 2.24. The molecule has 2 aromatic heterocycles. The molecule has 0 aliphatic rings. The van der Waals surface area contributed by atoms with Crippen LogP contribution in [0.3, 0.4) is 0 Å². The summed E-state index contributed by atoms with van der Waals surface area (Å²) in [6.45, 7) is 3.25. The van der Waals surface area contributed by atoms with E-state index in [0.29, 0.717) is 5.69 Å². The molecule has 0 aliphatic heterocycles. The Bertz CT molecular complexity index is 659. The lowest BCUT2D eigenvalue weighted by Gasteiger charge is -2.03. The summed E-state index contributed by atoms with van der Waals surface area (Å²) < 4.78 is 1.57. The molecule has 18 heavy (non-hydrogen) atoms. The van der Waals surface area contributed by atoms with Crippen molar-refractivity contribution in [2.75, 3.05) is 5.32 Å². The molecule has 2 aromatic rings. The van der Waals surface area contributed by atoms with E-state index in [2.05, 4.69) is 15.3 Å². The number of nitrogens with one attached hydrogen (secondary N) is 1. The first-order valence-electron chi connectivity index (χ1n) is 5.26. The fourth-order valence-corrected chi connectivity index (χ4v) is 2.41. The first kappa shape index (κ1) is 12.4. The van der Waals surface area contributed by atoms with Crippen molar-refractivity contribution in [2.24, 2.45) is 7.05 Å². The van der Waals surface area contributed by atoms with Gasteiger partial charge in [0, 0.05) is 25.9 Å². The lowest BCUT2D eigenvalue weighted by molar-refractivity contribution is -0.114. The number of hydrogen-bond donors (Lipinski definition) is 1. The molecule has 7 heteroatoms. The largest absolute Gasteiger partial charge is 0.307 e. The topological polar surface area (TPSA) is 76.9 Å².